The zero-order valence-corrected chi connectivity index (χ0v) is 11.6. The zero-order valence-electron chi connectivity index (χ0n) is 10.8. The van der Waals surface area contributed by atoms with E-state index in [4.69, 9.17) is 0 Å². The van der Waals surface area contributed by atoms with Gasteiger partial charge in [0.2, 0.25) is 10.0 Å². The van der Waals surface area contributed by atoms with E-state index < -0.39 is 10.0 Å². The van der Waals surface area contributed by atoms with Gasteiger partial charge in [0, 0.05) is 37.4 Å². The van der Waals surface area contributed by atoms with Crippen LogP contribution in [0.2, 0.25) is 0 Å². The Morgan fingerprint density at radius 2 is 1.95 bits per heavy atom. The van der Waals surface area contributed by atoms with E-state index >= 15 is 0 Å². The van der Waals surface area contributed by atoms with Gasteiger partial charge >= 0.3 is 0 Å². The van der Waals surface area contributed by atoms with Crippen LogP contribution in [0, 0.1) is 0 Å². The molecule has 19 heavy (non-hydrogen) atoms. The Morgan fingerprint density at radius 3 is 2.74 bits per heavy atom. The van der Waals surface area contributed by atoms with Crippen molar-refractivity contribution in [2.24, 2.45) is 0 Å². The van der Waals surface area contributed by atoms with Gasteiger partial charge in [-0.05, 0) is 10.9 Å². The van der Waals surface area contributed by atoms with Gasteiger partial charge < -0.3 is 5.32 Å². The molecule has 0 atom stereocenters. The minimum atomic E-state index is -3.11. The summed E-state index contributed by atoms with van der Waals surface area (Å²) < 4.78 is 24.2. The normalized spacial score (nSPS) is 11.8. The minimum Gasteiger partial charge on any atom is -0.311 e. The number of rotatable bonds is 6. The fourth-order valence-electron chi connectivity index (χ4n) is 1.87. The largest absolute Gasteiger partial charge is 0.311 e. The highest BCUT2D eigenvalue weighted by atomic mass is 32.2. The van der Waals surface area contributed by atoms with E-state index in [1.165, 1.54) is 5.39 Å². The molecular weight excluding hydrogens is 262 g/mol. The topological polar surface area (TPSA) is 71.1 Å². The molecular formula is C13H17N3O2S. The number of benzene rings is 1. The van der Waals surface area contributed by atoms with Crippen LogP contribution in [0.4, 0.5) is 0 Å². The summed E-state index contributed by atoms with van der Waals surface area (Å²) in [6.07, 6.45) is 4.82. The molecule has 0 aliphatic heterocycles. The molecule has 0 amide bonds. The average molecular weight is 279 g/mol. The van der Waals surface area contributed by atoms with Crippen molar-refractivity contribution < 1.29 is 8.42 Å². The molecule has 0 radical (unpaired) electrons. The van der Waals surface area contributed by atoms with Crippen LogP contribution in [0.1, 0.15) is 5.56 Å². The van der Waals surface area contributed by atoms with Crippen LogP contribution in [0.5, 0.6) is 0 Å². The summed E-state index contributed by atoms with van der Waals surface area (Å²) in [6.45, 7) is 1.63. The zero-order chi connectivity index (χ0) is 13.7. The van der Waals surface area contributed by atoms with E-state index in [1.54, 1.807) is 0 Å². The number of fused-ring (bicyclic) bond motifs is 1. The first kappa shape index (κ1) is 13.9. The molecule has 5 nitrogen and oxygen atoms in total. The Balaban J connectivity index is 1.92. The SMILES string of the molecule is CS(=O)(=O)NCCNCc1cncc2ccccc12. The number of hydrogen-bond acceptors (Lipinski definition) is 4. The molecule has 2 N–H and O–H groups in total. The highest BCUT2D eigenvalue weighted by Crippen LogP contribution is 2.16. The van der Waals surface area contributed by atoms with Gasteiger partial charge in [-0.25, -0.2) is 13.1 Å². The molecule has 0 saturated carbocycles. The van der Waals surface area contributed by atoms with Crippen LogP contribution >= 0.6 is 0 Å². The maximum absolute atomic E-state index is 10.9. The predicted octanol–water partition coefficient (Wildman–Crippen LogP) is 0.874. The highest BCUT2D eigenvalue weighted by molar-refractivity contribution is 7.88. The molecule has 0 aliphatic carbocycles. The van der Waals surface area contributed by atoms with E-state index in [0.29, 0.717) is 19.6 Å². The van der Waals surface area contributed by atoms with Crippen molar-refractivity contribution in [1.29, 1.82) is 0 Å². The van der Waals surface area contributed by atoms with Crippen molar-refractivity contribution >= 4 is 20.8 Å². The number of nitrogens with one attached hydrogen (secondary N) is 2. The van der Waals surface area contributed by atoms with Gasteiger partial charge in [0.25, 0.3) is 0 Å². The molecule has 2 rings (SSSR count). The summed E-state index contributed by atoms with van der Waals surface area (Å²) in [7, 11) is -3.11. The standard InChI is InChI=1S/C13H17N3O2S/c1-19(17,18)16-7-6-14-9-12-10-15-8-11-4-2-3-5-13(11)12/h2-5,8,10,14,16H,6-7,9H2,1H3. The molecule has 102 valence electrons. The lowest BCUT2D eigenvalue weighted by Gasteiger charge is -2.08. The molecule has 1 heterocycles. The Kier molecular flexibility index (Phi) is 4.47. The Hall–Kier alpha value is -1.50. The Labute approximate surface area is 113 Å². The fraction of sp³-hybridized carbons (Fsp3) is 0.308. The van der Waals surface area contributed by atoms with Crippen LogP contribution in [0.25, 0.3) is 10.8 Å². The number of sulfonamides is 1. The van der Waals surface area contributed by atoms with Gasteiger partial charge in [-0.3, -0.25) is 4.98 Å². The molecule has 0 unspecified atom stereocenters. The summed E-state index contributed by atoms with van der Waals surface area (Å²) in [5, 5.41) is 5.47. The van der Waals surface area contributed by atoms with Crippen molar-refractivity contribution in [2.45, 2.75) is 6.54 Å². The molecule has 1 aromatic heterocycles. The molecule has 1 aromatic carbocycles. The smallest absolute Gasteiger partial charge is 0.208 e. The Bertz CT molecular complexity index is 650. The molecule has 0 aliphatic rings. The first-order valence-corrected chi connectivity index (χ1v) is 7.92. The van der Waals surface area contributed by atoms with Gasteiger partial charge in [0.05, 0.1) is 6.26 Å². The number of pyridine rings is 1. The van der Waals surface area contributed by atoms with Crippen LogP contribution in [-0.2, 0) is 16.6 Å². The first-order chi connectivity index (χ1) is 9.06. The summed E-state index contributed by atoms with van der Waals surface area (Å²) in [5.74, 6) is 0. The average Bonchev–Trinajstić information content (AvgIpc) is 2.37. The first-order valence-electron chi connectivity index (χ1n) is 6.03. The van der Waals surface area contributed by atoms with Crippen molar-refractivity contribution in [3.05, 3.63) is 42.2 Å². The third kappa shape index (κ3) is 4.27. The van der Waals surface area contributed by atoms with Crippen LogP contribution < -0.4 is 10.0 Å². The van der Waals surface area contributed by atoms with Gasteiger partial charge in [-0.1, -0.05) is 24.3 Å². The van der Waals surface area contributed by atoms with Crippen molar-refractivity contribution in [3.8, 4) is 0 Å². The van der Waals surface area contributed by atoms with E-state index in [1.807, 2.05) is 30.6 Å². The summed E-state index contributed by atoms with van der Waals surface area (Å²) in [6, 6.07) is 8.06. The summed E-state index contributed by atoms with van der Waals surface area (Å²) in [4.78, 5) is 4.20. The quantitative estimate of drug-likeness (QED) is 0.770. The number of aromatic nitrogens is 1. The van der Waals surface area contributed by atoms with Gasteiger partial charge in [0.1, 0.15) is 0 Å². The van der Waals surface area contributed by atoms with Gasteiger partial charge in [-0.2, -0.15) is 0 Å². The lowest BCUT2D eigenvalue weighted by molar-refractivity contribution is 0.582. The predicted molar refractivity (Wildman–Crippen MR) is 76.3 cm³/mol. The molecule has 0 spiro atoms. The Morgan fingerprint density at radius 1 is 1.16 bits per heavy atom. The molecule has 0 saturated heterocycles. The molecule has 6 heteroatoms. The second-order valence-corrected chi connectivity index (χ2v) is 6.20. The molecule has 2 aromatic rings. The van der Waals surface area contributed by atoms with E-state index in [2.05, 4.69) is 21.1 Å². The summed E-state index contributed by atoms with van der Waals surface area (Å²) in [5.41, 5.74) is 1.11. The van der Waals surface area contributed by atoms with Crippen molar-refractivity contribution in [1.82, 2.24) is 15.0 Å². The van der Waals surface area contributed by atoms with Crippen molar-refractivity contribution in [3.63, 3.8) is 0 Å². The van der Waals surface area contributed by atoms with Gasteiger partial charge in [0.15, 0.2) is 0 Å². The lowest BCUT2D eigenvalue weighted by atomic mass is 10.1. The highest BCUT2D eigenvalue weighted by Gasteiger charge is 2.01. The number of nitrogens with zero attached hydrogens (tertiary/aromatic N) is 1. The van der Waals surface area contributed by atoms with Crippen LogP contribution in [0.15, 0.2) is 36.7 Å². The lowest BCUT2D eigenvalue weighted by Crippen LogP contribution is -2.30. The van der Waals surface area contributed by atoms with Crippen LogP contribution in [-0.4, -0.2) is 32.7 Å². The van der Waals surface area contributed by atoms with E-state index in [-0.39, 0.29) is 0 Å². The third-order valence-electron chi connectivity index (χ3n) is 2.73. The fourth-order valence-corrected chi connectivity index (χ4v) is 2.34. The van der Waals surface area contributed by atoms with Crippen molar-refractivity contribution in [2.75, 3.05) is 19.3 Å². The second kappa shape index (κ2) is 6.10. The van der Waals surface area contributed by atoms with E-state index in [9.17, 15) is 8.42 Å². The maximum atomic E-state index is 10.9. The summed E-state index contributed by atoms with van der Waals surface area (Å²) >= 11 is 0. The number of hydrogen-bond donors (Lipinski definition) is 2. The van der Waals surface area contributed by atoms with Gasteiger partial charge in [-0.15, -0.1) is 0 Å². The maximum Gasteiger partial charge on any atom is 0.208 e. The monoisotopic (exact) mass is 279 g/mol. The van der Waals surface area contributed by atoms with Crippen LogP contribution in [0.3, 0.4) is 0 Å². The molecule has 0 fully saturated rings. The molecule has 0 bridgehead atoms. The van der Waals surface area contributed by atoms with E-state index in [0.717, 1.165) is 17.2 Å². The third-order valence-corrected chi connectivity index (χ3v) is 3.46. The minimum absolute atomic E-state index is 0.386. The second-order valence-electron chi connectivity index (χ2n) is 4.36.